The molecule has 1 unspecified atom stereocenters. The largest absolute Gasteiger partial charge is 0.342 e. The third-order valence-corrected chi connectivity index (χ3v) is 8.16. The molecule has 0 saturated carbocycles. The molecule has 0 aliphatic carbocycles. The van der Waals surface area contributed by atoms with Gasteiger partial charge in [-0.25, -0.2) is 8.42 Å². The summed E-state index contributed by atoms with van der Waals surface area (Å²) < 4.78 is 25.7. The van der Waals surface area contributed by atoms with Gasteiger partial charge in [-0.05, 0) is 62.8 Å². The van der Waals surface area contributed by atoms with Gasteiger partial charge in [-0.15, -0.1) is 0 Å². The highest BCUT2D eigenvalue weighted by atomic mass is 32.2. The first-order chi connectivity index (χ1) is 14.8. The van der Waals surface area contributed by atoms with Crippen molar-refractivity contribution in [1.29, 1.82) is 0 Å². The summed E-state index contributed by atoms with van der Waals surface area (Å²) in [6.07, 6.45) is 7.85. The van der Waals surface area contributed by atoms with Crippen LogP contribution < -0.4 is 4.31 Å². The fourth-order valence-electron chi connectivity index (χ4n) is 5.30. The van der Waals surface area contributed by atoms with Crippen LogP contribution in [-0.2, 0) is 21.2 Å². The molecule has 3 aliphatic rings. The minimum atomic E-state index is -3.34. The molecule has 31 heavy (non-hydrogen) atoms. The van der Waals surface area contributed by atoms with E-state index in [1.165, 1.54) is 23.4 Å². The van der Waals surface area contributed by atoms with Gasteiger partial charge in [0.1, 0.15) is 0 Å². The summed E-state index contributed by atoms with van der Waals surface area (Å²) >= 11 is 0. The number of anilines is 1. The van der Waals surface area contributed by atoms with E-state index in [4.69, 9.17) is 0 Å². The van der Waals surface area contributed by atoms with E-state index in [1.54, 1.807) is 12.1 Å². The van der Waals surface area contributed by atoms with Crippen molar-refractivity contribution in [3.63, 3.8) is 0 Å². The third kappa shape index (κ3) is 4.59. The number of likely N-dealkylation sites (tertiary alicyclic amines) is 2. The molecule has 0 radical (unpaired) electrons. The van der Waals surface area contributed by atoms with Crippen molar-refractivity contribution >= 4 is 27.5 Å². The first-order valence-electron chi connectivity index (χ1n) is 11.5. The molecule has 2 amide bonds. The molecule has 1 atom stereocenters. The average Bonchev–Trinajstić information content (AvgIpc) is 2.90. The number of fused-ring (bicyclic) bond motifs is 1. The number of benzene rings is 1. The van der Waals surface area contributed by atoms with Gasteiger partial charge in [0.2, 0.25) is 15.9 Å². The van der Waals surface area contributed by atoms with Gasteiger partial charge in [-0.3, -0.25) is 13.9 Å². The molecule has 2 fully saturated rings. The van der Waals surface area contributed by atoms with Gasteiger partial charge in [0.15, 0.2) is 0 Å². The second-order valence-electron chi connectivity index (χ2n) is 9.26. The Labute approximate surface area is 185 Å². The van der Waals surface area contributed by atoms with Gasteiger partial charge in [-0.1, -0.05) is 12.8 Å². The summed E-state index contributed by atoms with van der Waals surface area (Å²) in [5.41, 5.74) is 2.17. The van der Waals surface area contributed by atoms with Crippen LogP contribution >= 0.6 is 0 Å². The second kappa shape index (κ2) is 8.81. The molecule has 3 aliphatic heterocycles. The van der Waals surface area contributed by atoms with Gasteiger partial charge in [0, 0.05) is 43.7 Å². The molecule has 1 aromatic carbocycles. The fourth-order valence-corrected chi connectivity index (χ4v) is 6.57. The molecule has 4 rings (SSSR count). The Morgan fingerprint density at radius 3 is 2.19 bits per heavy atom. The van der Waals surface area contributed by atoms with Crippen LogP contribution in [0.2, 0.25) is 0 Å². The molecule has 170 valence electrons. The topological polar surface area (TPSA) is 78.0 Å². The molecule has 1 aromatic rings. The normalized spacial score (nSPS) is 22.9. The number of piperidine rings is 1. The molecular weight excluding hydrogens is 414 g/mol. The Bertz CT molecular complexity index is 946. The lowest BCUT2D eigenvalue weighted by Gasteiger charge is -2.34. The smallest absolute Gasteiger partial charge is 0.253 e. The maximum Gasteiger partial charge on any atom is 0.253 e. The number of hydrogen-bond acceptors (Lipinski definition) is 4. The lowest BCUT2D eigenvalue weighted by atomic mass is 9.94. The van der Waals surface area contributed by atoms with E-state index in [0.29, 0.717) is 43.6 Å². The third-order valence-electron chi connectivity index (χ3n) is 6.89. The van der Waals surface area contributed by atoms with Gasteiger partial charge in [0.25, 0.3) is 5.91 Å². The Morgan fingerprint density at radius 1 is 0.935 bits per heavy atom. The molecule has 8 heteroatoms. The summed E-state index contributed by atoms with van der Waals surface area (Å²) in [5.74, 6) is 0.252. The van der Waals surface area contributed by atoms with E-state index in [9.17, 15) is 18.0 Å². The van der Waals surface area contributed by atoms with Crippen LogP contribution in [0.3, 0.4) is 0 Å². The maximum absolute atomic E-state index is 13.1. The molecule has 0 aromatic heterocycles. The van der Waals surface area contributed by atoms with Gasteiger partial charge in [0.05, 0.1) is 11.9 Å². The average molecular weight is 448 g/mol. The summed E-state index contributed by atoms with van der Waals surface area (Å²) in [4.78, 5) is 29.8. The van der Waals surface area contributed by atoms with Crippen molar-refractivity contribution in [2.24, 2.45) is 5.92 Å². The van der Waals surface area contributed by atoms with E-state index in [-0.39, 0.29) is 23.8 Å². The SMILES string of the molecule is CC1Cc2cc(C(=O)N3CCC(C(=O)N4CCCCCC4)CC3)ccc2N1S(C)(=O)=O. The van der Waals surface area contributed by atoms with Crippen LogP contribution in [0.4, 0.5) is 5.69 Å². The Kier molecular flexibility index (Phi) is 6.28. The lowest BCUT2D eigenvalue weighted by molar-refractivity contribution is -0.136. The van der Waals surface area contributed by atoms with Crippen molar-refractivity contribution in [2.45, 2.75) is 57.9 Å². The first kappa shape index (κ1) is 22.1. The summed E-state index contributed by atoms with van der Waals surface area (Å²) in [7, 11) is -3.34. The fraction of sp³-hybridized carbons (Fsp3) is 0.652. The zero-order chi connectivity index (χ0) is 22.2. The first-order valence-corrected chi connectivity index (χ1v) is 13.3. The number of rotatable bonds is 3. The van der Waals surface area contributed by atoms with Crippen LogP contribution in [-0.4, -0.2) is 68.5 Å². The van der Waals surface area contributed by atoms with Crippen LogP contribution in [0.5, 0.6) is 0 Å². The standard InChI is InChI=1S/C23H33N3O4S/c1-17-15-20-16-19(7-8-21(20)26(17)31(2,29)30)23(28)25-13-9-18(10-14-25)22(27)24-11-5-3-4-6-12-24/h7-8,16-18H,3-6,9-15H2,1-2H3. The van der Waals surface area contributed by atoms with E-state index in [0.717, 1.165) is 31.5 Å². The van der Waals surface area contributed by atoms with Gasteiger partial charge >= 0.3 is 0 Å². The number of amides is 2. The number of nitrogens with zero attached hydrogens (tertiary/aromatic N) is 3. The highest BCUT2D eigenvalue weighted by Gasteiger charge is 2.34. The number of sulfonamides is 1. The Hall–Kier alpha value is -2.09. The zero-order valence-electron chi connectivity index (χ0n) is 18.5. The van der Waals surface area contributed by atoms with E-state index in [2.05, 4.69) is 0 Å². The zero-order valence-corrected chi connectivity index (χ0v) is 19.4. The number of carbonyl (C=O) groups excluding carboxylic acids is 2. The van der Waals surface area contributed by atoms with E-state index < -0.39 is 10.0 Å². The Balaban J connectivity index is 1.39. The number of carbonyl (C=O) groups is 2. The highest BCUT2D eigenvalue weighted by Crippen LogP contribution is 2.35. The minimum Gasteiger partial charge on any atom is -0.342 e. The van der Waals surface area contributed by atoms with Crippen LogP contribution in [0.15, 0.2) is 18.2 Å². The summed E-state index contributed by atoms with van der Waals surface area (Å²) in [5, 5.41) is 0. The predicted octanol–water partition coefficient (Wildman–Crippen LogP) is 2.65. The lowest BCUT2D eigenvalue weighted by Crippen LogP contribution is -2.44. The molecular formula is C23H33N3O4S. The predicted molar refractivity (Wildman–Crippen MR) is 121 cm³/mol. The van der Waals surface area contributed by atoms with Crippen molar-refractivity contribution in [2.75, 3.05) is 36.7 Å². The van der Waals surface area contributed by atoms with E-state index in [1.807, 2.05) is 22.8 Å². The molecule has 7 nitrogen and oxygen atoms in total. The Morgan fingerprint density at radius 2 is 1.58 bits per heavy atom. The molecule has 0 bridgehead atoms. The molecule has 3 heterocycles. The van der Waals surface area contributed by atoms with Crippen molar-refractivity contribution in [3.05, 3.63) is 29.3 Å². The van der Waals surface area contributed by atoms with E-state index >= 15 is 0 Å². The second-order valence-corrected chi connectivity index (χ2v) is 11.1. The van der Waals surface area contributed by atoms with Crippen molar-refractivity contribution < 1.29 is 18.0 Å². The van der Waals surface area contributed by atoms with Crippen LogP contribution in [0.1, 0.15) is 61.4 Å². The number of hydrogen-bond donors (Lipinski definition) is 0. The van der Waals surface area contributed by atoms with Crippen molar-refractivity contribution in [1.82, 2.24) is 9.80 Å². The minimum absolute atomic E-state index is 0.0198. The van der Waals surface area contributed by atoms with Crippen LogP contribution in [0.25, 0.3) is 0 Å². The summed E-state index contributed by atoms with van der Waals surface area (Å²) in [6, 6.07) is 5.18. The maximum atomic E-state index is 13.1. The summed E-state index contributed by atoms with van der Waals surface area (Å²) in [6.45, 7) is 4.80. The van der Waals surface area contributed by atoms with Crippen molar-refractivity contribution in [3.8, 4) is 0 Å². The molecule has 0 N–H and O–H groups in total. The van der Waals surface area contributed by atoms with Gasteiger partial charge < -0.3 is 9.80 Å². The van der Waals surface area contributed by atoms with Crippen LogP contribution in [0, 0.1) is 5.92 Å². The highest BCUT2D eigenvalue weighted by molar-refractivity contribution is 7.92. The molecule has 0 spiro atoms. The van der Waals surface area contributed by atoms with Gasteiger partial charge in [-0.2, -0.15) is 0 Å². The quantitative estimate of drug-likeness (QED) is 0.714. The molecule has 2 saturated heterocycles. The monoisotopic (exact) mass is 447 g/mol.